The molecule has 1 heterocycles. The number of benzene rings is 1. The zero-order chi connectivity index (χ0) is 12.4. The van der Waals surface area contributed by atoms with Gasteiger partial charge in [0.25, 0.3) is 0 Å². The van der Waals surface area contributed by atoms with Gasteiger partial charge in [-0.2, -0.15) is 0 Å². The number of nitrogens with one attached hydrogen (secondary N) is 1. The van der Waals surface area contributed by atoms with E-state index in [0.717, 1.165) is 43.7 Å². The molecule has 98 valence electrons. The summed E-state index contributed by atoms with van der Waals surface area (Å²) < 4.78 is 19.2. The molecule has 2 nitrogen and oxygen atoms in total. The molecule has 1 saturated heterocycles. The average molecular weight is 249 g/mol. The van der Waals surface area contributed by atoms with Crippen molar-refractivity contribution in [3.63, 3.8) is 0 Å². The molecule has 0 aromatic heterocycles. The molecule has 1 unspecified atom stereocenters. The third-order valence-electron chi connectivity index (χ3n) is 3.75. The average Bonchev–Trinajstić information content (AvgIpc) is 3.18. The van der Waals surface area contributed by atoms with Crippen LogP contribution in [0.3, 0.4) is 0 Å². The van der Waals surface area contributed by atoms with Crippen molar-refractivity contribution in [3.05, 3.63) is 29.6 Å². The van der Waals surface area contributed by atoms with Gasteiger partial charge in [-0.15, -0.1) is 0 Å². The molecule has 1 saturated carbocycles. The van der Waals surface area contributed by atoms with E-state index in [0.29, 0.717) is 12.0 Å². The van der Waals surface area contributed by atoms with E-state index in [1.54, 1.807) is 12.1 Å². The van der Waals surface area contributed by atoms with Crippen molar-refractivity contribution in [2.45, 2.75) is 38.2 Å². The summed E-state index contributed by atoms with van der Waals surface area (Å²) in [7, 11) is 0. The molecular formula is C15H20FNO. The van der Waals surface area contributed by atoms with Gasteiger partial charge in [-0.3, -0.25) is 0 Å². The highest BCUT2D eigenvalue weighted by Gasteiger charge is 2.25. The van der Waals surface area contributed by atoms with E-state index in [4.69, 9.17) is 4.74 Å². The topological polar surface area (TPSA) is 21.3 Å². The molecule has 2 fully saturated rings. The molecule has 3 rings (SSSR count). The lowest BCUT2D eigenvalue weighted by molar-refractivity contribution is 0.294. The minimum absolute atomic E-state index is 0.156. The molecule has 1 aliphatic heterocycles. The Balaban J connectivity index is 1.72. The van der Waals surface area contributed by atoms with E-state index in [2.05, 4.69) is 5.32 Å². The summed E-state index contributed by atoms with van der Waals surface area (Å²) in [4.78, 5) is 0. The van der Waals surface area contributed by atoms with Gasteiger partial charge in [0.1, 0.15) is 11.6 Å². The first-order chi connectivity index (χ1) is 8.81. The van der Waals surface area contributed by atoms with Crippen molar-refractivity contribution in [2.75, 3.05) is 13.1 Å². The fourth-order valence-electron chi connectivity index (χ4n) is 2.60. The Bertz CT molecular complexity index is 411. The Kier molecular flexibility index (Phi) is 3.50. The van der Waals surface area contributed by atoms with Crippen LogP contribution in [0.2, 0.25) is 0 Å². The Labute approximate surface area is 108 Å². The fraction of sp³-hybridized carbons (Fsp3) is 0.600. The van der Waals surface area contributed by atoms with Crippen LogP contribution in [-0.4, -0.2) is 19.2 Å². The van der Waals surface area contributed by atoms with Gasteiger partial charge in [0, 0.05) is 0 Å². The van der Waals surface area contributed by atoms with E-state index in [-0.39, 0.29) is 5.82 Å². The summed E-state index contributed by atoms with van der Waals surface area (Å²) in [6.07, 6.45) is 6.03. The molecule has 0 bridgehead atoms. The second-order valence-electron chi connectivity index (χ2n) is 5.49. The second kappa shape index (κ2) is 5.27. The molecule has 1 N–H and O–H groups in total. The van der Waals surface area contributed by atoms with Crippen LogP contribution in [0, 0.1) is 11.7 Å². The van der Waals surface area contributed by atoms with Crippen LogP contribution >= 0.6 is 0 Å². The highest BCUT2D eigenvalue weighted by atomic mass is 19.1. The first kappa shape index (κ1) is 12.0. The molecular weight excluding hydrogens is 229 g/mol. The molecule has 0 radical (unpaired) electrons. The van der Waals surface area contributed by atoms with Crippen molar-refractivity contribution in [1.82, 2.24) is 5.32 Å². The number of hydrogen-bond acceptors (Lipinski definition) is 2. The first-order valence-electron chi connectivity index (χ1n) is 6.97. The summed E-state index contributed by atoms with van der Waals surface area (Å²) in [6, 6.07) is 4.94. The lowest BCUT2D eigenvalue weighted by Gasteiger charge is -2.23. The number of halogens is 1. The minimum Gasteiger partial charge on any atom is -0.490 e. The number of rotatable bonds is 4. The third-order valence-corrected chi connectivity index (χ3v) is 3.75. The second-order valence-corrected chi connectivity index (χ2v) is 5.49. The van der Waals surface area contributed by atoms with Crippen LogP contribution in [0.25, 0.3) is 0 Å². The van der Waals surface area contributed by atoms with Gasteiger partial charge < -0.3 is 10.1 Å². The SMILES string of the molecule is Fc1ccc(OC2CC2)c(CC2CCCNC2)c1. The first-order valence-corrected chi connectivity index (χ1v) is 6.97. The summed E-state index contributed by atoms with van der Waals surface area (Å²) in [5.41, 5.74) is 1.04. The summed E-state index contributed by atoms with van der Waals surface area (Å²) in [6.45, 7) is 2.16. The Morgan fingerprint density at radius 1 is 1.28 bits per heavy atom. The number of ether oxygens (including phenoxy) is 1. The van der Waals surface area contributed by atoms with Gasteiger partial charge >= 0.3 is 0 Å². The molecule has 3 heteroatoms. The normalized spacial score (nSPS) is 23.9. The van der Waals surface area contributed by atoms with Gasteiger partial charge in [0.05, 0.1) is 6.10 Å². The summed E-state index contributed by atoms with van der Waals surface area (Å²) in [5.74, 6) is 1.35. The predicted octanol–water partition coefficient (Wildman–Crippen LogP) is 2.91. The molecule has 1 aliphatic carbocycles. The fourth-order valence-corrected chi connectivity index (χ4v) is 2.60. The van der Waals surface area contributed by atoms with Crippen molar-refractivity contribution < 1.29 is 9.13 Å². The lowest BCUT2D eigenvalue weighted by Crippen LogP contribution is -2.31. The molecule has 2 aliphatic rings. The van der Waals surface area contributed by atoms with Crippen molar-refractivity contribution >= 4 is 0 Å². The zero-order valence-electron chi connectivity index (χ0n) is 10.6. The Morgan fingerprint density at radius 3 is 2.89 bits per heavy atom. The molecule has 18 heavy (non-hydrogen) atoms. The highest BCUT2D eigenvalue weighted by molar-refractivity contribution is 5.35. The molecule has 1 atom stereocenters. The standard InChI is InChI=1S/C15H20FNO/c16-13-3-6-15(18-14-4-5-14)12(9-13)8-11-2-1-7-17-10-11/h3,6,9,11,14,17H,1-2,4-5,7-8,10H2. The number of hydrogen-bond donors (Lipinski definition) is 1. The maximum absolute atomic E-state index is 13.4. The van der Waals surface area contributed by atoms with E-state index in [1.165, 1.54) is 18.9 Å². The van der Waals surface area contributed by atoms with Crippen LogP contribution in [-0.2, 0) is 6.42 Å². The predicted molar refractivity (Wildman–Crippen MR) is 69.3 cm³/mol. The van der Waals surface area contributed by atoms with Gasteiger partial charge in [-0.05, 0) is 74.9 Å². The lowest BCUT2D eigenvalue weighted by atomic mass is 9.92. The van der Waals surface area contributed by atoms with Crippen molar-refractivity contribution in [2.24, 2.45) is 5.92 Å². The Morgan fingerprint density at radius 2 is 2.17 bits per heavy atom. The van der Waals surface area contributed by atoms with E-state index in [9.17, 15) is 4.39 Å². The van der Waals surface area contributed by atoms with Gasteiger partial charge in [-0.1, -0.05) is 0 Å². The zero-order valence-corrected chi connectivity index (χ0v) is 10.6. The summed E-state index contributed by atoms with van der Waals surface area (Å²) >= 11 is 0. The van der Waals surface area contributed by atoms with Crippen molar-refractivity contribution in [3.8, 4) is 5.75 Å². The van der Waals surface area contributed by atoms with E-state index in [1.807, 2.05) is 0 Å². The maximum Gasteiger partial charge on any atom is 0.123 e. The van der Waals surface area contributed by atoms with Crippen LogP contribution in [0.4, 0.5) is 4.39 Å². The van der Waals surface area contributed by atoms with Gasteiger partial charge in [0.15, 0.2) is 0 Å². The van der Waals surface area contributed by atoms with Crippen LogP contribution < -0.4 is 10.1 Å². The van der Waals surface area contributed by atoms with E-state index >= 15 is 0 Å². The number of piperidine rings is 1. The monoisotopic (exact) mass is 249 g/mol. The quantitative estimate of drug-likeness (QED) is 0.886. The van der Waals surface area contributed by atoms with Gasteiger partial charge in [-0.25, -0.2) is 4.39 Å². The largest absolute Gasteiger partial charge is 0.490 e. The van der Waals surface area contributed by atoms with Crippen molar-refractivity contribution in [1.29, 1.82) is 0 Å². The third kappa shape index (κ3) is 3.02. The minimum atomic E-state index is -0.156. The molecule has 1 aromatic rings. The Hall–Kier alpha value is -1.09. The van der Waals surface area contributed by atoms with Crippen LogP contribution in [0.5, 0.6) is 5.75 Å². The summed E-state index contributed by atoms with van der Waals surface area (Å²) in [5, 5.41) is 3.41. The molecule has 0 amide bonds. The molecule has 0 spiro atoms. The highest BCUT2D eigenvalue weighted by Crippen LogP contribution is 2.31. The molecule has 1 aromatic carbocycles. The maximum atomic E-state index is 13.4. The smallest absolute Gasteiger partial charge is 0.123 e. The van der Waals surface area contributed by atoms with Gasteiger partial charge in [0.2, 0.25) is 0 Å². The van der Waals surface area contributed by atoms with Crippen LogP contribution in [0.15, 0.2) is 18.2 Å². The van der Waals surface area contributed by atoms with E-state index < -0.39 is 0 Å². The van der Waals surface area contributed by atoms with Crippen LogP contribution in [0.1, 0.15) is 31.2 Å².